The number of hydrogen-bond acceptors (Lipinski definition) is 4. The van der Waals surface area contributed by atoms with Crippen LogP contribution in [0.15, 0.2) is 39.6 Å². The Bertz CT molecular complexity index is 547. The SMILES string of the molecule is CC1CC1c1ccc(C(CN)N(C)Cc2ccoc2)o1. The van der Waals surface area contributed by atoms with E-state index in [-0.39, 0.29) is 6.04 Å². The van der Waals surface area contributed by atoms with Gasteiger partial charge in [-0.25, -0.2) is 0 Å². The molecule has 108 valence electrons. The average molecular weight is 274 g/mol. The van der Waals surface area contributed by atoms with Crippen molar-refractivity contribution in [1.29, 1.82) is 0 Å². The van der Waals surface area contributed by atoms with Crippen LogP contribution >= 0.6 is 0 Å². The minimum absolute atomic E-state index is 0.104. The van der Waals surface area contributed by atoms with Crippen molar-refractivity contribution in [3.8, 4) is 0 Å². The van der Waals surface area contributed by atoms with E-state index in [0.29, 0.717) is 12.5 Å². The highest BCUT2D eigenvalue weighted by Gasteiger charge is 2.37. The van der Waals surface area contributed by atoms with Crippen molar-refractivity contribution >= 4 is 0 Å². The molecule has 1 aliphatic rings. The molecule has 3 atom stereocenters. The molecule has 3 unspecified atom stereocenters. The Morgan fingerprint density at radius 2 is 2.20 bits per heavy atom. The molecule has 0 saturated heterocycles. The van der Waals surface area contributed by atoms with E-state index < -0.39 is 0 Å². The third kappa shape index (κ3) is 2.67. The topological polar surface area (TPSA) is 55.5 Å². The van der Waals surface area contributed by atoms with Gasteiger partial charge in [-0.15, -0.1) is 0 Å². The van der Waals surface area contributed by atoms with Gasteiger partial charge in [0.2, 0.25) is 0 Å². The zero-order valence-electron chi connectivity index (χ0n) is 12.1. The predicted molar refractivity (Wildman–Crippen MR) is 77.2 cm³/mol. The maximum Gasteiger partial charge on any atom is 0.122 e. The Kier molecular flexibility index (Phi) is 3.68. The van der Waals surface area contributed by atoms with Crippen LogP contribution in [0.3, 0.4) is 0 Å². The van der Waals surface area contributed by atoms with Crippen molar-refractivity contribution in [2.24, 2.45) is 11.7 Å². The highest BCUT2D eigenvalue weighted by molar-refractivity contribution is 5.19. The Balaban J connectivity index is 1.70. The summed E-state index contributed by atoms with van der Waals surface area (Å²) >= 11 is 0. The number of rotatable bonds is 6. The smallest absolute Gasteiger partial charge is 0.122 e. The lowest BCUT2D eigenvalue weighted by molar-refractivity contribution is 0.209. The molecule has 2 aromatic rings. The van der Waals surface area contributed by atoms with Crippen LogP contribution in [0.2, 0.25) is 0 Å². The zero-order chi connectivity index (χ0) is 14.1. The van der Waals surface area contributed by atoms with Gasteiger partial charge < -0.3 is 14.6 Å². The predicted octanol–water partition coefficient (Wildman–Crippen LogP) is 3.13. The van der Waals surface area contributed by atoms with Gasteiger partial charge in [0.25, 0.3) is 0 Å². The van der Waals surface area contributed by atoms with Gasteiger partial charge in [-0.3, -0.25) is 4.90 Å². The zero-order valence-corrected chi connectivity index (χ0v) is 12.1. The Labute approximate surface area is 119 Å². The maximum absolute atomic E-state index is 6.03. The standard InChI is InChI=1S/C16H22N2O2/c1-11-7-13(11)15-3-4-16(20-15)14(8-17)18(2)9-12-5-6-19-10-12/h3-6,10-11,13-14H,7-9,17H2,1-2H3. The number of furan rings is 2. The maximum atomic E-state index is 6.03. The second kappa shape index (κ2) is 5.46. The van der Waals surface area contributed by atoms with Gasteiger partial charge in [-0.1, -0.05) is 6.92 Å². The van der Waals surface area contributed by atoms with Crippen LogP contribution in [0, 0.1) is 5.92 Å². The first-order valence-electron chi connectivity index (χ1n) is 7.20. The quantitative estimate of drug-likeness (QED) is 0.879. The van der Waals surface area contributed by atoms with Gasteiger partial charge in [-0.05, 0) is 37.6 Å². The number of nitrogens with two attached hydrogens (primary N) is 1. The van der Waals surface area contributed by atoms with Gasteiger partial charge in [-0.2, -0.15) is 0 Å². The summed E-state index contributed by atoms with van der Waals surface area (Å²) in [6.45, 7) is 3.61. The normalized spacial score (nSPS) is 23.2. The first-order chi connectivity index (χ1) is 9.69. The third-order valence-electron chi connectivity index (χ3n) is 4.22. The molecule has 0 spiro atoms. The lowest BCUT2D eigenvalue weighted by atomic mass is 10.2. The van der Waals surface area contributed by atoms with Crippen molar-refractivity contribution in [2.75, 3.05) is 13.6 Å². The van der Waals surface area contributed by atoms with Crippen molar-refractivity contribution in [3.63, 3.8) is 0 Å². The molecule has 4 nitrogen and oxygen atoms in total. The van der Waals surface area contributed by atoms with Gasteiger partial charge in [0, 0.05) is 24.6 Å². The van der Waals surface area contributed by atoms with Gasteiger partial charge in [0.1, 0.15) is 11.5 Å². The summed E-state index contributed by atoms with van der Waals surface area (Å²) in [5.41, 5.74) is 7.08. The van der Waals surface area contributed by atoms with Crippen LogP contribution in [-0.4, -0.2) is 18.5 Å². The molecule has 2 aromatic heterocycles. The first kappa shape index (κ1) is 13.5. The van der Waals surface area contributed by atoms with Crippen molar-refractivity contribution < 1.29 is 8.83 Å². The molecule has 0 aromatic carbocycles. The number of likely N-dealkylation sites (N-methyl/N-ethyl adjacent to an activating group) is 1. The average Bonchev–Trinajstić information content (AvgIpc) is 2.88. The van der Waals surface area contributed by atoms with Gasteiger partial charge >= 0.3 is 0 Å². The largest absolute Gasteiger partial charge is 0.472 e. The monoisotopic (exact) mass is 274 g/mol. The van der Waals surface area contributed by atoms with Crippen LogP contribution in [0.25, 0.3) is 0 Å². The third-order valence-corrected chi connectivity index (χ3v) is 4.22. The van der Waals surface area contributed by atoms with E-state index in [1.807, 2.05) is 6.07 Å². The minimum atomic E-state index is 0.104. The summed E-state index contributed by atoms with van der Waals surface area (Å²) in [6.07, 6.45) is 4.70. The number of nitrogens with zero attached hydrogens (tertiary/aromatic N) is 1. The molecule has 0 radical (unpaired) electrons. The lowest BCUT2D eigenvalue weighted by Gasteiger charge is -2.24. The van der Waals surface area contributed by atoms with E-state index >= 15 is 0 Å². The molecule has 2 N–H and O–H groups in total. The van der Waals surface area contributed by atoms with E-state index in [9.17, 15) is 0 Å². The first-order valence-corrected chi connectivity index (χ1v) is 7.20. The van der Waals surface area contributed by atoms with Crippen molar-refractivity contribution in [1.82, 2.24) is 4.90 Å². The molecule has 3 rings (SSSR count). The van der Waals surface area contributed by atoms with Crippen LogP contribution in [0.1, 0.15) is 42.4 Å². The van der Waals surface area contributed by atoms with Crippen LogP contribution < -0.4 is 5.73 Å². The summed E-state index contributed by atoms with van der Waals surface area (Å²) < 4.78 is 11.1. The second-order valence-electron chi connectivity index (χ2n) is 5.86. The lowest BCUT2D eigenvalue weighted by Crippen LogP contribution is -2.29. The summed E-state index contributed by atoms with van der Waals surface area (Å²) in [5.74, 6) is 3.45. The summed E-state index contributed by atoms with van der Waals surface area (Å²) in [7, 11) is 2.06. The van der Waals surface area contributed by atoms with E-state index in [1.54, 1.807) is 12.5 Å². The Hall–Kier alpha value is -1.52. The van der Waals surface area contributed by atoms with Gasteiger partial charge in [0.15, 0.2) is 0 Å². The Morgan fingerprint density at radius 1 is 1.40 bits per heavy atom. The van der Waals surface area contributed by atoms with Crippen molar-refractivity contribution in [3.05, 3.63) is 47.8 Å². The molecule has 1 saturated carbocycles. The van der Waals surface area contributed by atoms with Crippen molar-refractivity contribution in [2.45, 2.75) is 31.8 Å². The molecule has 0 amide bonds. The summed E-state index contributed by atoms with van der Waals surface area (Å²) in [6, 6.07) is 6.26. The molecule has 0 bridgehead atoms. The molecule has 1 fully saturated rings. The van der Waals surface area contributed by atoms with E-state index in [2.05, 4.69) is 31.0 Å². The van der Waals surface area contributed by atoms with E-state index in [1.165, 1.54) is 6.42 Å². The fourth-order valence-corrected chi connectivity index (χ4v) is 2.76. The number of hydrogen-bond donors (Lipinski definition) is 1. The minimum Gasteiger partial charge on any atom is -0.472 e. The van der Waals surface area contributed by atoms with Crippen LogP contribution in [0.5, 0.6) is 0 Å². The highest BCUT2D eigenvalue weighted by Crippen LogP contribution is 2.47. The fourth-order valence-electron chi connectivity index (χ4n) is 2.76. The molecule has 2 heterocycles. The molecular formula is C16H22N2O2. The van der Waals surface area contributed by atoms with Gasteiger partial charge in [0.05, 0.1) is 18.6 Å². The summed E-state index contributed by atoms with van der Waals surface area (Å²) in [4.78, 5) is 2.20. The van der Waals surface area contributed by atoms with Crippen LogP contribution in [-0.2, 0) is 6.54 Å². The second-order valence-corrected chi connectivity index (χ2v) is 5.86. The Morgan fingerprint density at radius 3 is 2.80 bits per heavy atom. The molecule has 0 aliphatic heterocycles. The fraction of sp³-hybridized carbons (Fsp3) is 0.500. The molecule has 4 heteroatoms. The highest BCUT2D eigenvalue weighted by atomic mass is 16.3. The van der Waals surface area contributed by atoms with E-state index in [0.717, 1.165) is 29.5 Å². The molecule has 1 aliphatic carbocycles. The van der Waals surface area contributed by atoms with Crippen LogP contribution in [0.4, 0.5) is 0 Å². The molecule has 20 heavy (non-hydrogen) atoms. The molecular weight excluding hydrogens is 252 g/mol. The summed E-state index contributed by atoms with van der Waals surface area (Å²) in [5, 5.41) is 0. The van der Waals surface area contributed by atoms with E-state index in [4.69, 9.17) is 14.6 Å².